The monoisotopic (exact) mass is 277 g/mol. The van der Waals surface area contributed by atoms with E-state index in [1.165, 1.54) is 0 Å². The summed E-state index contributed by atoms with van der Waals surface area (Å²) in [5, 5.41) is 23.0. The molecule has 6 nitrogen and oxygen atoms in total. The zero-order chi connectivity index (χ0) is 14.1. The van der Waals surface area contributed by atoms with Crippen molar-refractivity contribution in [3.05, 3.63) is 29.6 Å². The maximum atomic E-state index is 14.5. The van der Waals surface area contributed by atoms with Crippen LogP contribution in [0.1, 0.15) is 18.9 Å². The molecular weight excluding hydrogens is 261 g/mol. The fourth-order valence-corrected chi connectivity index (χ4v) is 2.66. The van der Waals surface area contributed by atoms with E-state index in [4.69, 9.17) is 0 Å². The minimum atomic E-state index is -0.331. The first-order valence-corrected chi connectivity index (χ1v) is 6.58. The van der Waals surface area contributed by atoms with Gasteiger partial charge in [-0.2, -0.15) is 5.21 Å². The first kappa shape index (κ1) is 13.1. The summed E-state index contributed by atoms with van der Waals surface area (Å²) >= 11 is 0. The largest absolute Gasteiger partial charge is 0.392 e. The van der Waals surface area contributed by atoms with Gasteiger partial charge in [-0.15, -0.1) is 10.2 Å². The van der Waals surface area contributed by atoms with Crippen molar-refractivity contribution in [2.45, 2.75) is 32.0 Å². The van der Waals surface area contributed by atoms with Gasteiger partial charge in [0.2, 0.25) is 5.82 Å². The Hall–Kier alpha value is -1.86. The summed E-state index contributed by atoms with van der Waals surface area (Å²) in [4.78, 5) is 2.07. The molecule has 2 unspecified atom stereocenters. The third kappa shape index (κ3) is 2.41. The Morgan fingerprint density at radius 3 is 3.00 bits per heavy atom. The average Bonchev–Trinajstić information content (AvgIpc) is 3.03. The topological polar surface area (TPSA) is 77.9 Å². The highest BCUT2D eigenvalue weighted by molar-refractivity contribution is 5.56. The Morgan fingerprint density at radius 1 is 1.50 bits per heavy atom. The third-order valence-corrected chi connectivity index (χ3v) is 3.72. The maximum absolute atomic E-state index is 14.5. The molecule has 3 rings (SSSR count). The van der Waals surface area contributed by atoms with Crippen LogP contribution < -0.4 is 0 Å². The number of β-amino-alcohol motifs (C(OH)–C–C–N with tert-alkyl or cyclic N) is 1. The number of rotatable bonds is 3. The number of tetrazole rings is 1. The molecule has 1 aliphatic heterocycles. The van der Waals surface area contributed by atoms with Crippen LogP contribution in [0.15, 0.2) is 18.2 Å². The molecule has 7 heteroatoms. The van der Waals surface area contributed by atoms with Crippen LogP contribution in [0.3, 0.4) is 0 Å². The van der Waals surface area contributed by atoms with Crippen LogP contribution in [0.25, 0.3) is 11.4 Å². The number of aliphatic hydroxyl groups excluding tert-OH is 1. The summed E-state index contributed by atoms with van der Waals surface area (Å²) in [5.74, 6) is -0.0821. The standard InChI is InChI=1S/C13H16FN5O/c1-8-5-10(20)7-19(8)6-9-3-2-4-11(12(9)14)13-15-17-18-16-13/h2-4,8,10,20H,5-7H2,1H3,(H,15,16,17,18). The Morgan fingerprint density at radius 2 is 2.35 bits per heavy atom. The van der Waals surface area contributed by atoms with E-state index >= 15 is 0 Å². The molecule has 2 aromatic rings. The predicted octanol–water partition coefficient (Wildman–Crippen LogP) is 0.961. The van der Waals surface area contributed by atoms with Gasteiger partial charge in [0, 0.05) is 24.7 Å². The van der Waals surface area contributed by atoms with E-state index in [1.54, 1.807) is 18.2 Å². The molecule has 2 N–H and O–H groups in total. The molecule has 2 atom stereocenters. The molecule has 1 aromatic carbocycles. The van der Waals surface area contributed by atoms with Gasteiger partial charge >= 0.3 is 0 Å². The van der Waals surface area contributed by atoms with Gasteiger partial charge in [0.15, 0.2) is 0 Å². The Bertz CT molecular complexity index is 588. The number of hydrogen-bond acceptors (Lipinski definition) is 5. The molecule has 1 saturated heterocycles. The first-order valence-electron chi connectivity index (χ1n) is 6.58. The van der Waals surface area contributed by atoms with E-state index in [-0.39, 0.29) is 23.8 Å². The van der Waals surface area contributed by atoms with Gasteiger partial charge in [0.25, 0.3) is 0 Å². The molecular formula is C13H16FN5O. The maximum Gasteiger partial charge on any atom is 0.207 e. The van der Waals surface area contributed by atoms with Gasteiger partial charge in [-0.05, 0) is 24.6 Å². The van der Waals surface area contributed by atoms with Crippen molar-refractivity contribution in [3.8, 4) is 11.4 Å². The van der Waals surface area contributed by atoms with E-state index in [0.717, 1.165) is 6.42 Å². The summed E-state index contributed by atoms with van der Waals surface area (Å²) in [6, 6.07) is 5.40. The SMILES string of the molecule is CC1CC(O)CN1Cc1cccc(-c2nn[nH]n2)c1F. The lowest BCUT2D eigenvalue weighted by Crippen LogP contribution is -2.27. The lowest BCUT2D eigenvalue weighted by Gasteiger charge is -2.21. The molecule has 0 spiro atoms. The van der Waals surface area contributed by atoms with E-state index in [2.05, 4.69) is 25.5 Å². The van der Waals surface area contributed by atoms with Gasteiger partial charge in [-0.3, -0.25) is 4.90 Å². The zero-order valence-corrected chi connectivity index (χ0v) is 11.1. The second-order valence-corrected chi connectivity index (χ2v) is 5.18. The number of nitrogens with zero attached hydrogens (tertiary/aromatic N) is 4. The van der Waals surface area contributed by atoms with Crippen molar-refractivity contribution in [1.82, 2.24) is 25.5 Å². The molecule has 2 heterocycles. The van der Waals surface area contributed by atoms with Crippen LogP contribution in [0.5, 0.6) is 0 Å². The summed E-state index contributed by atoms with van der Waals surface area (Å²) in [6.07, 6.45) is 0.403. The van der Waals surface area contributed by atoms with Gasteiger partial charge in [-0.25, -0.2) is 4.39 Å². The minimum Gasteiger partial charge on any atom is -0.392 e. The van der Waals surface area contributed by atoms with Gasteiger partial charge in [0.1, 0.15) is 5.82 Å². The molecule has 20 heavy (non-hydrogen) atoms. The summed E-state index contributed by atoms with van der Waals surface area (Å²) in [7, 11) is 0. The molecule has 1 fully saturated rings. The Labute approximate surface area is 115 Å². The fraction of sp³-hybridized carbons (Fsp3) is 0.462. The van der Waals surface area contributed by atoms with Crippen LogP contribution >= 0.6 is 0 Å². The molecule has 1 aliphatic rings. The molecule has 106 valence electrons. The van der Waals surface area contributed by atoms with Crippen LogP contribution in [-0.4, -0.2) is 49.3 Å². The van der Waals surface area contributed by atoms with Crippen LogP contribution in [0.2, 0.25) is 0 Å². The van der Waals surface area contributed by atoms with Crippen molar-refractivity contribution >= 4 is 0 Å². The van der Waals surface area contributed by atoms with Crippen molar-refractivity contribution in [3.63, 3.8) is 0 Å². The van der Waals surface area contributed by atoms with Crippen molar-refractivity contribution in [2.75, 3.05) is 6.54 Å². The number of halogens is 1. The third-order valence-electron chi connectivity index (χ3n) is 3.72. The number of nitrogens with one attached hydrogen (secondary N) is 1. The first-order chi connectivity index (χ1) is 9.65. The molecule has 1 aromatic heterocycles. The van der Waals surface area contributed by atoms with E-state index in [0.29, 0.717) is 24.2 Å². The van der Waals surface area contributed by atoms with Gasteiger partial charge in [-0.1, -0.05) is 12.1 Å². The second-order valence-electron chi connectivity index (χ2n) is 5.18. The normalized spacial score (nSPS) is 23.4. The number of benzene rings is 1. The number of H-pyrrole nitrogens is 1. The number of hydrogen-bond donors (Lipinski definition) is 2. The van der Waals surface area contributed by atoms with Crippen molar-refractivity contribution < 1.29 is 9.50 Å². The van der Waals surface area contributed by atoms with E-state index in [1.807, 2.05) is 6.92 Å². The van der Waals surface area contributed by atoms with Gasteiger partial charge < -0.3 is 5.11 Å². The Kier molecular flexibility index (Phi) is 3.45. The zero-order valence-electron chi connectivity index (χ0n) is 11.1. The highest BCUT2D eigenvalue weighted by atomic mass is 19.1. The van der Waals surface area contributed by atoms with Crippen LogP contribution in [-0.2, 0) is 6.54 Å². The van der Waals surface area contributed by atoms with Crippen LogP contribution in [0, 0.1) is 5.82 Å². The fourth-order valence-electron chi connectivity index (χ4n) is 2.66. The quantitative estimate of drug-likeness (QED) is 0.873. The molecule has 0 bridgehead atoms. The number of aromatic nitrogens is 4. The lowest BCUT2D eigenvalue weighted by molar-refractivity contribution is 0.172. The molecule has 0 radical (unpaired) electrons. The minimum absolute atomic E-state index is 0.248. The average molecular weight is 277 g/mol. The van der Waals surface area contributed by atoms with Crippen molar-refractivity contribution in [1.29, 1.82) is 0 Å². The lowest BCUT2D eigenvalue weighted by atomic mass is 10.1. The number of aromatic amines is 1. The second kappa shape index (κ2) is 5.26. The van der Waals surface area contributed by atoms with Gasteiger partial charge in [0.05, 0.1) is 11.7 Å². The summed E-state index contributed by atoms with van der Waals surface area (Å²) in [6.45, 7) is 3.08. The summed E-state index contributed by atoms with van der Waals surface area (Å²) < 4.78 is 14.5. The van der Waals surface area contributed by atoms with Crippen LogP contribution in [0.4, 0.5) is 4.39 Å². The Balaban J connectivity index is 1.86. The van der Waals surface area contributed by atoms with E-state index in [9.17, 15) is 9.50 Å². The molecule has 0 amide bonds. The molecule has 0 aliphatic carbocycles. The number of aliphatic hydroxyl groups is 1. The van der Waals surface area contributed by atoms with Crippen molar-refractivity contribution in [2.24, 2.45) is 0 Å². The summed E-state index contributed by atoms with van der Waals surface area (Å²) in [5.41, 5.74) is 0.914. The number of likely N-dealkylation sites (tertiary alicyclic amines) is 1. The smallest absolute Gasteiger partial charge is 0.207 e. The highest BCUT2D eigenvalue weighted by Crippen LogP contribution is 2.25. The van der Waals surface area contributed by atoms with E-state index < -0.39 is 0 Å². The highest BCUT2D eigenvalue weighted by Gasteiger charge is 2.28. The predicted molar refractivity (Wildman–Crippen MR) is 70.1 cm³/mol. The molecule has 0 saturated carbocycles.